The highest BCUT2D eigenvalue weighted by atomic mass is 35.5. The van der Waals surface area contributed by atoms with E-state index in [1.165, 1.54) is 9.13 Å². The SMILES string of the molecule is Cn1c(=O)n(C2CCC(=O)NC2=O)c2ccc([C@H]3CC[C@H](C(=O)Nc4cccc(CS(=O)(=O)N5CC[C@H](Nc6cccc(-c7sc(C(=O)O)c(OCC(=O)O)c7Cl)c6)CC5(C)C)c4)CC3)cc21. The second kappa shape index (κ2) is 18.9. The molecule has 0 spiro atoms. The number of benzene rings is 3. The molecule has 8 rings (SSSR count). The average molecular weight is 976 g/mol. The molecule has 1 unspecified atom stereocenters. The number of thiophene rings is 1. The number of sulfonamides is 1. The first-order valence-electron chi connectivity index (χ1n) is 22.0. The normalized spacial score (nSPS) is 21.1. The number of aromatic carboxylic acids is 1. The lowest BCUT2D eigenvalue weighted by Crippen LogP contribution is -2.55. The highest BCUT2D eigenvalue weighted by molar-refractivity contribution is 7.88. The number of imidazole rings is 1. The number of carboxylic acids is 2. The number of amides is 3. The molecule has 5 N–H and O–H groups in total. The number of carbonyl (C=O) groups is 5. The van der Waals surface area contributed by atoms with Crippen molar-refractivity contribution in [2.45, 2.75) is 94.5 Å². The van der Waals surface area contributed by atoms with Crippen molar-refractivity contribution in [2.75, 3.05) is 23.8 Å². The van der Waals surface area contributed by atoms with Crippen molar-refractivity contribution in [3.05, 3.63) is 98.2 Å². The van der Waals surface area contributed by atoms with E-state index in [0.29, 0.717) is 64.1 Å². The maximum atomic E-state index is 14.0. The fourth-order valence-electron chi connectivity index (χ4n) is 9.82. The van der Waals surface area contributed by atoms with Gasteiger partial charge in [0, 0.05) is 48.9 Å². The number of imide groups is 1. The number of aromatic nitrogens is 2. The van der Waals surface area contributed by atoms with Crippen molar-refractivity contribution < 1.29 is 47.3 Å². The van der Waals surface area contributed by atoms with Crippen molar-refractivity contribution >= 4 is 85.0 Å². The number of anilines is 2. The van der Waals surface area contributed by atoms with Crippen LogP contribution in [0.2, 0.25) is 5.02 Å². The number of aliphatic carboxylic acids is 1. The molecular formula is C47H51ClN6O11S2. The third kappa shape index (κ3) is 10.0. The van der Waals surface area contributed by atoms with E-state index in [9.17, 15) is 42.3 Å². The molecule has 2 atom stereocenters. The molecule has 2 saturated heterocycles. The number of halogens is 1. The number of rotatable bonds is 14. The predicted octanol–water partition coefficient (Wildman–Crippen LogP) is 6.96. The first-order valence-corrected chi connectivity index (χ1v) is 24.8. The third-order valence-electron chi connectivity index (χ3n) is 13.0. The molecule has 3 aliphatic rings. The molecule has 354 valence electrons. The Balaban J connectivity index is 0.858. The van der Waals surface area contributed by atoms with E-state index in [-0.39, 0.29) is 76.2 Å². The van der Waals surface area contributed by atoms with E-state index in [1.54, 1.807) is 53.8 Å². The Morgan fingerprint density at radius 3 is 2.36 bits per heavy atom. The summed E-state index contributed by atoms with van der Waals surface area (Å²) < 4.78 is 37.8. The van der Waals surface area contributed by atoms with Crippen molar-refractivity contribution in [3.8, 4) is 16.2 Å². The molecule has 17 nitrogen and oxygen atoms in total. The number of nitrogens with one attached hydrogen (secondary N) is 3. The van der Waals surface area contributed by atoms with Crippen LogP contribution in [0.15, 0.2) is 71.5 Å². The van der Waals surface area contributed by atoms with E-state index < -0.39 is 46.1 Å². The van der Waals surface area contributed by atoms with Crippen LogP contribution in [-0.2, 0) is 42.0 Å². The summed E-state index contributed by atoms with van der Waals surface area (Å²) in [4.78, 5) is 74.4. The van der Waals surface area contributed by atoms with Gasteiger partial charge in [-0.3, -0.25) is 28.8 Å². The largest absolute Gasteiger partial charge is 0.479 e. The van der Waals surface area contributed by atoms with Crippen LogP contribution in [-0.4, -0.2) is 86.5 Å². The Morgan fingerprint density at radius 1 is 0.925 bits per heavy atom. The van der Waals surface area contributed by atoms with Crippen LogP contribution in [0, 0.1) is 5.92 Å². The summed E-state index contributed by atoms with van der Waals surface area (Å²) in [5.74, 6) is -4.05. The minimum atomic E-state index is -3.80. The second-order valence-corrected chi connectivity index (χ2v) is 21.4. The summed E-state index contributed by atoms with van der Waals surface area (Å²) in [6.45, 7) is 3.28. The Hall–Kier alpha value is -6.02. The second-order valence-electron chi connectivity index (χ2n) is 18.1. The van der Waals surface area contributed by atoms with Crippen LogP contribution in [0.25, 0.3) is 21.5 Å². The summed E-state index contributed by atoms with van der Waals surface area (Å²) >= 11 is 7.40. The van der Waals surface area contributed by atoms with Crippen molar-refractivity contribution in [3.63, 3.8) is 0 Å². The molecule has 3 aromatic carbocycles. The molecule has 20 heteroatoms. The molecule has 3 fully saturated rings. The number of fused-ring (bicyclic) bond motifs is 1. The first kappa shape index (κ1) is 47.5. The summed E-state index contributed by atoms with van der Waals surface area (Å²) in [7, 11) is -2.13. The average Bonchev–Trinajstić information content (AvgIpc) is 3.73. The van der Waals surface area contributed by atoms with E-state index in [1.807, 2.05) is 38.1 Å². The lowest BCUT2D eigenvalue weighted by atomic mass is 9.78. The Labute approximate surface area is 395 Å². The number of aryl methyl sites for hydroxylation is 1. The lowest BCUT2D eigenvalue weighted by Gasteiger charge is -2.45. The Bertz CT molecular complexity index is 2970. The topological polar surface area (TPSA) is 235 Å². The molecule has 2 aliphatic heterocycles. The van der Waals surface area contributed by atoms with Crippen LogP contribution < -0.4 is 26.4 Å². The quantitative estimate of drug-likeness (QED) is 0.0711. The zero-order valence-electron chi connectivity index (χ0n) is 37.0. The highest BCUT2D eigenvalue weighted by Gasteiger charge is 2.42. The molecule has 1 saturated carbocycles. The summed E-state index contributed by atoms with van der Waals surface area (Å²) in [6, 6.07) is 19.1. The highest BCUT2D eigenvalue weighted by Crippen LogP contribution is 2.46. The van der Waals surface area contributed by atoms with Crippen LogP contribution in [0.1, 0.15) is 98.0 Å². The van der Waals surface area contributed by atoms with Gasteiger partial charge in [-0.05, 0) is 118 Å². The number of ether oxygens (including phenoxy) is 1. The molecule has 5 aromatic rings. The minimum absolute atomic E-state index is 0.00140. The fourth-order valence-corrected chi connectivity index (χ4v) is 13.2. The van der Waals surface area contributed by atoms with E-state index in [0.717, 1.165) is 29.7 Å². The van der Waals surface area contributed by atoms with Crippen LogP contribution in [0.3, 0.4) is 0 Å². The Kier molecular flexibility index (Phi) is 13.4. The van der Waals surface area contributed by atoms with Gasteiger partial charge in [0.05, 0.1) is 21.7 Å². The molecule has 0 radical (unpaired) electrons. The van der Waals surface area contributed by atoms with Gasteiger partial charge in [-0.2, -0.15) is 4.31 Å². The van der Waals surface area contributed by atoms with Gasteiger partial charge in [0.2, 0.25) is 27.7 Å². The van der Waals surface area contributed by atoms with E-state index in [2.05, 4.69) is 16.0 Å². The minimum Gasteiger partial charge on any atom is -0.479 e. The summed E-state index contributed by atoms with van der Waals surface area (Å²) in [5.41, 5.74) is 3.66. The Morgan fingerprint density at radius 2 is 1.66 bits per heavy atom. The van der Waals surface area contributed by atoms with Crippen LogP contribution in [0.4, 0.5) is 11.4 Å². The van der Waals surface area contributed by atoms with Gasteiger partial charge in [0.25, 0.3) is 0 Å². The van der Waals surface area contributed by atoms with Gasteiger partial charge in [0.1, 0.15) is 11.1 Å². The van der Waals surface area contributed by atoms with Crippen LogP contribution in [0.5, 0.6) is 5.75 Å². The summed E-state index contributed by atoms with van der Waals surface area (Å²) in [5, 5.41) is 27.6. The first-order chi connectivity index (χ1) is 31.8. The van der Waals surface area contributed by atoms with Gasteiger partial charge in [-0.15, -0.1) is 11.3 Å². The van der Waals surface area contributed by atoms with Crippen molar-refractivity contribution in [2.24, 2.45) is 13.0 Å². The zero-order valence-corrected chi connectivity index (χ0v) is 39.4. The third-order valence-corrected chi connectivity index (χ3v) is 16.8. The molecule has 1 aliphatic carbocycles. The number of hydrogen-bond donors (Lipinski definition) is 5. The van der Waals surface area contributed by atoms with Gasteiger partial charge in [-0.1, -0.05) is 41.9 Å². The summed E-state index contributed by atoms with van der Waals surface area (Å²) in [6.07, 6.45) is 4.22. The van der Waals surface area contributed by atoms with Gasteiger partial charge >= 0.3 is 17.6 Å². The van der Waals surface area contributed by atoms with E-state index >= 15 is 0 Å². The molecule has 0 bridgehead atoms. The molecular weight excluding hydrogens is 924 g/mol. The smallest absolute Gasteiger partial charge is 0.349 e. The van der Waals surface area contributed by atoms with Crippen LogP contribution >= 0.6 is 22.9 Å². The molecule has 3 amide bonds. The van der Waals surface area contributed by atoms with Gasteiger partial charge < -0.3 is 25.6 Å². The van der Waals surface area contributed by atoms with Crippen molar-refractivity contribution in [1.29, 1.82) is 0 Å². The number of piperidine rings is 2. The zero-order chi connectivity index (χ0) is 47.9. The fraction of sp³-hybridized carbons (Fsp3) is 0.404. The van der Waals surface area contributed by atoms with E-state index in [4.69, 9.17) is 21.4 Å². The molecule has 4 heterocycles. The number of carboxylic acid groups (broad SMARTS) is 2. The maximum absolute atomic E-state index is 14.0. The van der Waals surface area contributed by atoms with Crippen molar-refractivity contribution in [1.82, 2.24) is 18.8 Å². The molecule has 67 heavy (non-hydrogen) atoms. The molecule has 2 aromatic heterocycles. The monoisotopic (exact) mass is 974 g/mol. The standard InChI is InChI=1S/C47H51ClN6O11S2/c1-47(2)23-33(49-32-9-5-7-30(21-32)41-39(48)40(65-24-38(56)57)42(66-41)45(60)61)18-19-53(47)67(63,64)25-26-6-4-8-31(20-26)50-43(58)28-12-10-27(11-13-28)29-14-15-34-36(22-29)52(3)46(62)54(34)35-16-17-37(55)51-44(35)59/h4-9,14-15,20-22,27-28,33,35,49H,10-13,16-19,23-25H2,1-3H3,(H,50,58)(H,56,57)(H,60,61)(H,51,55,59)/t27-,28-,33-,35?/m0/s1. The predicted molar refractivity (Wildman–Crippen MR) is 253 cm³/mol. The van der Waals surface area contributed by atoms with Gasteiger partial charge in [-0.25, -0.2) is 22.8 Å². The number of hydrogen-bond acceptors (Lipinski definition) is 11. The van der Waals surface area contributed by atoms with Gasteiger partial charge in [0.15, 0.2) is 17.2 Å². The number of nitrogens with zero attached hydrogens (tertiary/aromatic N) is 3. The number of carbonyl (C=O) groups excluding carboxylic acids is 3. The maximum Gasteiger partial charge on any atom is 0.349 e. The lowest BCUT2D eigenvalue weighted by molar-refractivity contribution is -0.139.